The van der Waals surface area contributed by atoms with Crippen LogP contribution in [0, 0.1) is 0 Å². The Morgan fingerprint density at radius 3 is 2.34 bits per heavy atom. The van der Waals surface area contributed by atoms with Crippen molar-refractivity contribution in [3.63, 3.8) is 0 Å². The summed E-state index contributed by atoms with van der Waals surface area (Å²) in [5.74, 6) is 0.498. The summed E-state index contributed by atoms with van der Waals surface area (Å²) in [7, 11) is -0.101. The Kier molecular flexibility index (Phi) is 7.30. The maximum absolute atomic E-state index is 12.5. The van der Waals surface area contributed by atoms with Crippen LogP contribution in [0.2, 0.25) is 16.6 Å². The maximum atomic E-state index is 12.5. The van der Waals surface area contributed by atoms with Gasteiger partial charge >= 0.3 is 0 Å². The molecule has 0 bridgehead atoms. The molecule has 2 N–H and O–H groups in total. The summed E-state index contributed by atoms with van der Waals surface area (Å²) in [5.41, 5.74) is 11.3. The summed E-state index contributed by atoms with van der Waals surface area (Å²) in [4.78, 5) is 17.0. The molecule has 6 nitrogen and oxygen atoms in total. The fraction of sp³-hybridized carbons (Fsp3) is 0.520. The van der Waals surface area contributed by atoms with Crippen LogP contribution < -0.4 is 11.3 Å². The van der Waals surface area contributed by atoms with Crippen molar-refractivity contribution in [1.29, 1.82) is 0 Å². The molecule has 0 saturated carbocycles. The predicted molar refractivity (Wildman–Crippen MR) is 136 cm³/mol. The third-order valence-electron chi connectivity index (χ3n) is 6.80. The molecule has 0 radical (unpaired) electrons. The summed E-state index contributed by atoms with van der Waals surface area (Å²) in [6, 6.07) is 9.65. The van der Waals surface area contributed by atoms with Gasteiger partial charge in [0.05, 0.1) is 11.0 Å². The average molecular weight is 455 g/mol. The predicted octanol–water partition coefficient (Wildman–Crippen LogP) is 5.57. The first-order valence-electron chi connectivity index (χ1n) is 11.6. The van der Waals surface area contributed by atoms with Crippen molar-refractivity contribution in [2.75, 3.05) is 12.3 Å². The smallest absolute Gasteiger partial charge is 0.258 e. The number of hydrogen-bond donors (Lipinski definition) is 1. The van der Waals surface area contributed by atoms with E-state index in [2.05, 4.69) is 51.1 Å². The van der Waals surface area contributed by atoms with E-state index in [9.17, 15) is 4.79 Å². The average Bonchev–Trinajstić information content (AvgIpc) is 3.03. The largest absolute Gasteiger partial charge is 0.416 e. The van der Waals surface area contributed by atoms with Crippen LogP contribution >= 0.6 is 0 Å². The Morgan fingerprint density at radius 2 is 1.72 bits per heavy atom. The normalized spacial score (nSPS) is 12.6. The first-order valence-corrected chi connectivity index (χ1v) is 13.8. The molecular weight excluding hydrogens is 416 g/mol. The molecule has 0 spiro atoms. The fourth-order valence-electron chi connectivity index (χ4n) is 5.34. The molecule has 3 aromatic rings. The first-order chi connectivity index (χ1) is 15.1. The van der Waals surface area contributed by atoms with E-state index in [1.54, 1.807) is 17.8 Å². The van der Waals surface area contributed by atoms with Gasteiger partial charge in [0.25, 0.3) is 5.56 Å². The number of rotatable bonds is 9. The second-order valence-electron chi connectivity index (χ2n) is 9.68. The van der Waals surface area contributed by atoms with E-state index in [4.69, 9.17) is 10.2 Å². The molecule has 0 fully saturated rings. The molecule has 32 heavy (non-hydrogen) atoms. The molecule has 2 aromatic heterocycles. The highest BCUT2D eigenvalue weighted by molar-refractivity contribution is 6.77. The number of nitrogen functional groups attached to an aromatic ring is 1. The highest BCUT2D eigenvalue weighted by Crippen LogP contribution is 2.42. The Labute approximate surface area is 192 Å². The van der Waals surface area contributed by atoms with Gasteiger partial charge in [0.2, 0.25) is 5.95 Å². The number of benzene rings is 1. The number of anilines is 1. The summed E-state index contributed by atoms with van der Waals surface area (Å²) < 4.78 is 10.3. The van der Waals surface area contributed by atoms with E-state index in [0.717, 1.165) is 36.2 Å². The molecule has 0 aliphatic carbocycles. The molecule has 0 amide bonds. The van der Waals surface area contributed by atoms with Crippen LogP contribution in [-0.4, -0.2) is 29.0 Å². The number of imidazole rings is 1. The van der Waals surface area contributed by atoms with Crippen molar-refractivity contribution >= 4 is 25.3 Å². The van der Waals surface area contributed by atoms with E-state index >= 15 is 0 Å². The van der Waals surface area contributed by atoms with Crippen molar-refractivity contribution in [1.82, 2.24) is 14.1 Å². The molecule has 0 atom stereocenters. The minimum absolute atomic E-state index is 0.0236. The SMILES string of the molecule is CC(C)[Si](OCCCn1c(N)nc2cc(-c3cccn(C)c3=O)ccc21)(C(C)C)C(C)C. The lowest BCUT2D eigenvalue weighted by Gasteiger charge is -2.42. The van der Waals surface area contributed by atoms with Gasteiger partial charge in [-0.2, -0.15) is 0 Å². The summed E-state index contributed by atoms with van der Waals surface area (Å²) in [6.07, 6.45) is 2.64. The van der Waals surface area contributed by atoms with E-state index < -0.39 is 8.32 Å². The van der Waals surface area contributed by atoms with Crippen LogP contribution in [0.5, 0.6) is 0 Å². The van der Waals surface area contributed by atoms with Gasteiger partial charge < -0.3 is 19.3 Å². The van der Waals surface area contributed by atoms with Gasteiger partial charge in [-0.3, -0.25) is 4.79 Å². The number of hydrogen-bond acceptors (Lipinski definition) is 4. The van der Waals surface area contributed by atoms with Gasteiger partial charge in [-0.05, 0) is 52.9 Å². The Bertz CT molecular complexity index is 1110. The van der Waals surface area contributed by atoms with Crippen molar-refractivity contribution in [2.45, 2.75) is 71.1 Å². The van der Waals surface area contributed by atoms with Crippen LogP contribution in [0.3, 0.4) is 0 Å². The molecule has 7 heteroatoms. The Hall–Kier alpha value is -2.38. The lowest BCUT2D eigenvalue weighted by molar-refractivity contribution is 0.266. The number of aromatic nitrogens is 3. The van der Waals surface area contributed by atoms with Crippen LogP contribution in [-0.2, 0) is 18.0 Å². The maximum Gasteiger partial charge on any atom is 0.258 e. The van der Waals surface area contributed by atoms with Gasteiger partial charge in [-0.15, -0.1) is 0 Å². The van der Waals surface area contributed by atoms with Crippen molar-refractivity contribution in [2.24, 2.45) is 7.05 Å². The summed E-state index contributed by atoms with van der Waals surface area (Å²) in [5, 5.41) is 0. The standard InChI is InChI=1S/C25H38N4O2Si/c1-17(2)32(18(3)4,19(5)6)31-15-9-14-29-23-12-11-20(16-22(23)27-25(29)26)21-10-8-13-28(7)24(21)30/h8,10-13,16-19H,9,14-15H2,1-7H3,(H2,26,27). The molecule has 1 aromatic carbocycles. The van der Waals surface area contributed by atoms with Crippen LogP contribution in [0.1, 0.15) is 48.0 Å². The molecule has 2 heterocycles. The van der Waals surface area contributed by atoms with Gasteiger partial charge in [0, 0.05) is 32.0 Å². The third kappa shape index (κ3) is 4.41. The van der Waals surface area contributed by atoms with Gasteiger partial charge in [-0.1, -0.05) is 47.6 Å². The number of nitrogens with two attached hydrogens (primary N) is 1. The van der Waals surface area contributed by atoms with Crippen molar-refractivity contribution in [3.05, 3.63) is 46.9 Å². The van der Waals surface area contributed by atoms with Gasteiger partial charge in [-0.25, -0.2) is 4.98 Å². The van der Waals surface area contributed by atoms with Crippen molar-refractivity contribution < 1.29 is 4.43 Å². The lowest BCUT2D eigenvalue weighted by atomic mass is 10.1. The van der Waals surface area contributed by atoms with Gasteiger partial charge in [0.1, 0.15) is 0 Å². The molecule has 174 valence electrons. The van der Waals surface area contributed by atoms with E-state index in [0.29, 0.717) is 28.1 Å². The summed E-state index contributed by atoms with van der Waals surface area (Å²) >= 11 is 0. The van der Waals surface area contributed by atoms with Crippen molar-refractivity contribution in [3.8, 4) is 11.1 Å². The quantitative estimate of drug-likeness (QED) is 0.339. The number of fused-ring (bicyclic) bond motifs is 1. The topological polar surface area (TPSA) is 75.1 Å². The Balaban J connectivity index is 1.78. The zero-order chi connectivity index (χ0) is 23.6. The van der Waals surface area contributed by atoms with E-state index in [-0.39, 0.29) is 5.56 Å². The summed E-state index contributed by atoms with van der Waals surface area (Å²) in [6.45, 7) is 15.4. The van der Waals surface area contributed by atoms with E-state index in [1.807, 2.05) is 30.3 Å². The lowest BCUT2D eigenvalue weighted by Crippen LogP contribution is -2.48. The number of nitrogens with zero attached hydrogens (tertiary/aromatic N) is 3. The molecule has 0 unspecified atom stereocenters. The Morgan fingerprint density at radius 1 is 1.06 bits per heavy atom. The van der Waals surface area contributed by atoms with Crippen LogP contribution in [0.4, 0.5) is 5.95 Å². The molecule has 0 aliphatic rings. The molecular formula is C25H38N4O2Si. The monoisotopic (exact) mass is 454 g/mol. The van der Waals surface area contributed by atoms with Crippen LogP contribution in [0.25, 0.3) is 22.2 Å². The minimum atomic E-state index is -1.86. The zero-order valence-electron chi connectivity index (χ0n) is 20.6. The number of aryl methyl sites for hydroxylation is 2. The fourth-order valence-corrected chi connectivity index (χ4v) is 10.8. The third-order valence-corrected chi connectivity index (χ3v) is 12.9. The number of pyridine rings is 1. The second kappa shape index (κ2) is 9.63. The highest BCUT2D eigenvalue weighted by Gasteiger charge is 2.44. The minimum Gasteiger partial charge on any atom is -0.416 e. The van der Waals surface area contributed by atoms with Crippen LogP contribution in [0.15, 0.2) is 41.3 Å². The molecule has 0 saturated heterocycles. The molecule has 0 aliphatic heterocycles. The van der Waals surface area contributed by atoms with Gasteiger partial charge in [0.15, 0.2) is 8.32 Å². The highest BCUT2D eigenvalue weighted by atomic mass is 28.4. The first kappa shape index (κ1) is 24.3. The molecule has 3 rings (SSSR count). The zero-order valence-corrected chi connectivity index (χ0v) is 21.6. The van der Waals surface area contributed by atoms with E-state index in [1.165, 1.54) is 0 Å². The second-order valence-corrected chi connectivity index (χ2v) is 15.1.